The summed E-state index contributed by atoms with van der Waals surface area (Å²) < 4.78 is 3.97. The van der Waals surface area contributed by atoms with Crippen LogP contribution in [0.4, 0.5) is 34.1 Å². The van der Waals surface area contributed by atoms with Crippen molar-refractivity contribution in [1.29, 1.82) is 0 Å². The zero-order valence-electron chi connectivity index (χ0n) is 31.6. The Morgan fingerprint density at radius 2 is 0.828 bits per heavy atom. The molecule has 1 aliphatic rings. The van der Waals surface area contributed by atoms with Crippen molar-refractivity contribution in [1.82, 2.24) is 0 Å². The van der Waals surface area contributed by atoms with Gasteiger partial charge in [0.1, 0.15) is 0 Å². The number of hydrogen-bond donors (Lipinski definition) is 0. The van der Waals surface area contributed by atoms with Gasteiger partial charge in [-0.1, -0.05) is 115 Å². The fourth-order valence-electron chi connectivity index (χ4n) is 9.22. The summed E-state index contributed by atoms with van der Waals surface area (Å²) in [5.74, 6) is 0. The SMILES string of the molecule is C1=Cc2c(sc3ccc(N(c4ccccc4)c4cc5c6ccccc6c(N(c6ccccc6)c6ccc7sc8ccccc8c7c6)cc5c5ccccc45)cc23)CC1. The van der Waals surface area contributed by atoms with Crippen LogP contribution in [0.5, 0.6) is 0 Å². The van der Waals surface area contributed by atoms with Crippen molar-refractivity contribution in [2.75, 3.05) is 9.80 Å². The van der Waals surface area contributed by atoms with Crippen LogP contribution in [0.15, 0.2) is 188 Å². The van der Waals surface area contributed by atoms with Crippen LogP contribution in [0.25, 0.3) is 68.7 Å². The molecule has 0 bridgehead atoms. The molecule has 274 valence electrons. The van der Waals surface area contributed by atoms with Gasteiger partial charge in [-0.3, -0.25) is 0 Å². The summed E-state index contributed by atoms with van der Waals surface area (Å²) in [5.41, 5.74) is 8.28. The van der Waals surface area contributed by atoms with Gasteiger partial charge in [-0.25, -0.2) is 0 Å². The molecule has 2 nitrogen and oxygen atoms in total. The molecule has 0 radical (unpaired) electrons. The van der Waals surface area contributed by atoms with Crippen molar-refractivity contribution in [2.45, 2.75) is 12.8 Å². The molecule has 2 aromatic heterocycles. The fraction of sp³-hybridized carbons (Fsp3) is 0.0370. The number of nitrogens with zero attached hydrogens (tertiary/aromatic N) is 2. The standard InChI is InChI=1S/C54H36N2S2/c1-3-15-35(16-4-1)55(37-27-29-53-47(31-37)43-23-11-13-25-51(43)57-53)49-33-45-40-20-8-10-22-42(40)50(34-46(45)39-19-7-9-21-41(39)49)56(36-17-5-2-6-18-36)38-28-30-54-48(32-38)44-24-12-14-26-52(44)58-54/h1-13,15-25,27-34H,14,26H2. The van der Waals surface area contributed by atoms with Crippen LogP contribution in [0, 0.1) is 0 Å². The molecule has 12 rings (SSSR count). The molecule has 9 aromatic carbocycles. The number of para-hydroxylation sites is 2. The molecule has 0 spiro atoms. The van der Waals surface area contributed by atoms with Crippen LogP contribution in [0.2, 0.25) is 0 Å². The molecule has 0 aliphatic heterocycles. The second-order valence-corrected chi connectivity index (χ2v) is 17.4. The largest absolute Gasteiger partial charge is 0.310 e. The van der Waals surface area contributed by atoms with Gasteiger partial charge in [0.2, 0.25) is 0 Å². The maximum Gasteiger partial charge on any atom is 0.0546 e. The third-order valence-electron chi connectivity index (χ3n) is 11.8. The highest BCUT2D eigenvalue weighted by Gasteiger charge is 2.23. The molecule has 0 saturated carbocycles. The molecule has 0 N–H and O–H groups in total. The number of benzene rings is 9. The number of fused-ring (bicyclic) bond motifs is 11. The van der Waals surface area contributed by atoms with E-state index >= 15 is 0 Å². The van der Waals surface area contributed by atoms with E-state index < -0.39 is 0 Å². The summed E-state index contributed by atoms with van der Waals surface area (Å²) in [7, 11) is 0. The fourth-order valence-corrected chi connectivity index (χ4v) is 11.5. The normalized spacial score (nSPS) is 12.6. The Kier molecular flexibility index (Phi) is 7.75. The van der Waals surface area contributed by atoms with E-state index in [1.807, 2.05) is 22.7 Å². The molecule has 11 aromatic rings. The number of thiophene rings is 2. The zero-order valence-corrected chi connectivity index (χ0v) is 33.2. The van der Waals surface area contributed by atoms with Crippen molar-refractivity contribution < 1.29 is 0 Å². The summed E-state index contributed by atoms with van der Waals surface area (Å²) in [6.45, 7) is 0. The van der Waals surface area contributed by atoms with Crippen molar-refractivity contribution in [3.8, 4) is 0 Å². The molecule has 0 unspecified atom stereocenters. The molecule has 0 saturated heterocycles. The maximum absolute atomic E-state index is 2.47. The van der Waals surface area contributed by atoms with Crippen LogP contribution in [0.3, 0.4) is 0 Å². The third-order valence-corrected chi connectivity index (χ3v) is 14.2. The van der Waals surface area contributed by atoms with Gasteiger partial charge < -0.3 is 9.80 Å². The first-order valence-corrected chi connectivity index (χ1v) is 21.6. The van der Waals surface area contributed by atoms with Crippen LogP contribution in [-0.4, -0.2) is 0 Å². The van der Waals surface area contributed by atoms with E-state index in [9.17, 15) is 0 Å². The van der Waals surface area contributed by atoms with Gasteiger partial charge in [0.15, 0.2) is 0 Å². The maximum atomic E-state index is 2.47. The average molecular weight is 777 g/mol. The highest BCUT2D eigenvalue weighted by atomic mass is 32.1. The van der Waals surface area contributed by atoms with Gasteiger partial charge in [0, 0.05) is 68.7 Å². The first kappa shape index (κ1) is 33.4. The number of hydrogen-bond acceptors (Lipinski definition) is 4. The van der Waals surface area contributed by atoms with E-state index in [1.165, 1.54) is 78.7 Å². The quantitative estimate of drug-likeness (QED) is 0.155. The lowest BCUT2D eigenvalue weighted by molar-refractivity contribution is 1.02. The summed E-state index contributed by atoms with van der Waals surface area (Å²) in [6, 6.07) is 67.3. The van der Waals surface area contributed by atoms with Gasteiger partial charge >= 0.3 is 0 Å². The average Bonchev–Trinajstić information content (AvgIpc) is 3.85. The van der Waals surface area contributed by atoms with E-state index in [1.54, 1.807) is 0 Å². The summed E-state index contributed by atoms with van der Waals surface area (Å²) in [5, 5.41) is 11.3. The van der Waals surface area contributed by atoms with Crippen LogP contribution in [-0.2, 0) is 6.42 Å². The first-order valence-electron chi connectivity index (χ1n) is 20.0. The molecule has 0 amide bonds. The molecule has 58 heavy (non-hydrogen) atoms. The molecule has 0 fully saturated rings. The van der Waals surface area contributed by atoms with Gasteiger partial charge in [-0.15, -0.1) is 22.7 Å². The minimum Gasteiger partial charge on any atom is -0.310 e. The van der Waals surface area contributed by atoms with Crippen molar-refractivity contribution in [3.63, 3.8) is 0 Å². The lowest BCUT2D eigenvalue weighted by Gasteiger charge is -2.30. The topological polar surface area (TPSA) is 6.48 Å². The number of aryl methyl sites for hydroxylation is 1. The van der Waals surface area contributed by atoms with Crippen LogP contribution in [0.1, 0.15) is 16.9 Å². The van der Waals surface area contributed by atoms with Gasteiger partial charge in [-0.2, -0.15) is 0 Å². The number of rotatable bonds is 6. The van der Waals surface area contributed by atoms with E-state index in [2.05, 4.69) is 204 Å². The second kappa shape index (κ2) is 13.5. The van der Waals surface area contributed by atoms with E-state index in [-0.39, 0.29) is 0 Å². The molecule has 1 aliphatic carbocycles. The molecule has 4 heteroatoms. The Hall–Kier alpha value is -6.72. The monoisotopic (exact) mass is 776 g/mol. The molecule has 2 heterocycles. The molecule has 0 atom stereocenters. The first-order chi connectivity index (χ1) is 28.8. The highest BCUT2D eigenvalue weighted by Crippen LogP contribution is 2.49. The summed E-state index contributed by atoms with van der Waals surface area (Å²) >= 11 is 3.81. The molecular formula is C54H36N2S2. The lowest BCUT2D eigenvalue weighted by atomic mass is 9.93. The van der Waals surface area contributed by atoms with E-state index in [0.29, 0.717) is 0 Å². The smallest absolute Gasteiger partial charge is 0.0546 e. The van der Waals surface area contributed by atoms with E-state index in [4.69, 9.17) is 0 Å². The zero-order chi connectivity index (χ0) is 38.2. The predicted molar refractivity (Wildman–Crippen MR) is 254 cm³/mol. The Morgan fingerprint density at radius 1 is 0.345 bits per heavy atom. The summed E-state index contributed by atoms with van der Waals surface area (Å²) in [4.78, 5) is 6.42. The molecular weight excluding hydrogens is 741 g/mol. The van der Waals surface area contributed by atoms with Gasteiger partial charge in [-0.05, 0) is 119 Å². The predicted octanol–water partition coefficient (Wildman–Crippen LogP) is 16.6. The highest BCUT2D eigenvalue weighted by molar-refractivity contribution is 7.25. The number of anilines is 6. The van der Waals surface area contributed by atoms with E-state index in [0.717, 1.165) is 41.3 Å². The van der Waals surface area contributed by atoms with Crippen molar-refractivity contribution >= 4 is 125 Å². The minimum atomic E-state index is 1.12. The Bertz CT molecular complexity index is 3410. The Labute approximate surface area is 344 Å². The minimum absolute atomic E-state index is 1.12. The Balaban J connectivity index is 1.13. The number of allylic oxidation sites excluding steroid dienone is 1. The van der Waals surface area contributed by atoms with Crippen LogP contribution < -0.4 is 9.80 Å². The third kappa shape index (κ3) is 5.30. The lowest BCUT2D eigenvalue weighted by Crippen LogP contribution is -2.12. The second-order valence-electron chi connectivity index (χ2n) is 15.2. The van der Waals surface area contributed by atoms with Gasteiger partial charge in [0.05, 0.1) is 11.4 Å². The van der Waals surface area contributed by atoms with Gasteiger partial charge in [0.25, 0.3) is 0 Å². The Morgan fingerprint density at radius 3 is 1.43 bits per heavy atom. The van der Waals surface area contributed by atoms with Crippen LogP contribution >= 0.6 is 22.7 Å². The van der Waals surface area contributed by atoms with Crippen molar-refractivity contribution in [3.05, 3.63) is 199 Å². The van der Waals surface area contributed by atoms with Crippen molar-refractivity contribution in [2.24, 2.45) is 0 Å². The summed E-state index contributed by atoms with van der Waals surface area (Å²) in [6.07, 6.45) is 6.90.